The van der Waals surface area contributed by atoms with Crippen LogP contribution in [0.25, 0.3) is 0 Å². The molecule has 1 saturated heterocycles. The Morgan fingerprint density at radius 3 is 2.72 bits per heavy atom. The van der Waals surface area contributed by atoms with Gasteiger partial charge in [-0.2, -0.15) is 0 Å². The molecule has 0 bridgehead atoms. The van der Waals surface area contributed by atoms with Crippen molar-refractivity contribution in [2.75, 3.05) is 26.7 Å². The van der Waals surface area contributed by atoms with Crippen molar-refractivity contribution in [2.24, 2.45) is 0 Å². The number of carbonyl (C=O) groups excluding carboxylic acids is 2. The smallest absolute Gasteiger partial charge is 0.253 e. The largest absolute Gasteiger partial charge is 0.352 e. The van der Waals surface area contributed by atoms with Gasteiger partial charge in [0.15, 0.2) is 0 Å². The number of rotatable bonds is 7. The normalized spacial score (nSPS) is 17.4. The number of hydrogen-bond acceptors (Lipinski definition) is 3. The van der Waals surface area contributed by atoms with Crippen molar-refractivity contribution in [3.8, 4) is 0 Å². The summed E-state index contributed by atoms with van der Waals surface area (Å²) in [6.45, 7) is 8.59. The van der Waals surface area contributed by atoms with Crippen LogP contribution in [0.5, 0.6) is 0 Å². The van der Waals surface area contributed by atoms with E-state index in [4.69, 9.17) is 0 Å². The fourth-order valence-corrected chi connectivity index (χ4v) is 3.14. The SMILES string of the molecule is C=CCN(C)Cc1ccc(C(=O)N2CCCC(NC(=O)CC)C2)cc1. The van der Waals surface area contributed by atoms with Crippen molar-refractivity contribution < 1.29 is 9.59 Å². The van der Waals surface area contributed by atoms with E-state index in [0.717, 1.165) is 32.5 Å². The number of amides is 2. The van der Waals surface area contributed by atoms with E-state index in [0.29, 0.717) is 18.5 Å². The van der Waals surface area contributed by atoms with Gasteiger partial charge in [-0.1, -0.05) is 25.1 Å². The fraction of sp³-hybridized carbons (Fsp3) is 0.500. The van der Waals surface area contributed by atoms with Crippen LogP contribution in [0.2, 0.25) is 0 Å². The van der Waals surface area contributed by atoms with E-state index in [9.17, 15) is 9.59 Å². The van der Waals surface area contributed by atoms with E-state index in [1.807, 2.05) is 49.2 Å². The summed E-state index contributed by atoms with van der Waals surface area (Å²) in [5.74, 6) is 0.0914. The first-order valence-corrected chi connectivity index (χ1v) is 9.00. The minimum absolute atomic E-state index is 0.0430. The molecule has 1 fully saturated rings. The fourth-order valence-electron chi connectivity index (χ4n) is 3.14. The lowest BCUT2D eigenvalue weighted by Crippen LogP contribution is -2.49. The Bertz CT molecular complexity index is 597. The molecule has 1 unspecified atom stereocenters. The topological polar surface area (TPSA) is 52.7 Å². The Labute approximate surface area is 150 Å². The highest BCUT2D eigenvalue weighted by molar-refractivity contribution is 5.94. The summed E-state index contributed by atoms with van der Waals surface area (Å²) < 4.78 is 0. The molecule has 1 aliphatic rings. The van der Waals surface area contributed by atoms with Gasteiger partial charge in [0.2, 0.25) is 5.91 Å². The van der Waals surface area contributed by atoms with Gasteiger partial charge in [-0.3, -0.25) is 14.5 Å². The lowest BCUT2D eigenvalue weighted by Gasteiger charge is -2.33. The molecule has 2 rings (SSSR count). The van der Waals surface area contributed by atoms with Crippen LogP contribution in [-0.2, 0) is 11.3 Å². The summed E-state index contributed by atoms with van der Waals surface area (Å²) in [6, 6.07) is 7.87. The highest BCUT2D eigenvalue weighted by Gasteiger charge is 2.25. The molecule has 25 heavy (non-hydrogen) atoms. The quantitative estimate of drug-likeness (QED) is 0.774. The summed E-state index contributed by atoms with van der Waals surface area (Å²) in [5, 5.41) is 3.00. The zero-order valence-corrected chi connectivity index (χ0v) is 15.3. The highest BCUT2D eigenvalue weighted by atomic mass is 16.2. The number of benzene rings is 1. The minimum Gasteiger partial charge on any atom is -0.352 e. The molecule has 1 aliphatic heterocycles. The standard InChI is InChI=1S/C20H29N3O2/c1-4-12-22(3)14-16-8-10-17(11-9-16)20(25)23-13-6-7-18(15-23)21-19(24)5-2/h4,8-11,18H,1,5-7,12-15H2,2-3H3,(H,21,24). The predicted octanol–water partition coefficient (Wildman–Crippen LogP) is 2.44. The average Bonchev–Trinajstić information content (AvgIpc) is 2.62. The molecule has 5 heteroatoms. The van der Waals surface area contributed by atoms with E-state index in [1.165, 1.54) is 5.56 Å². The van der Waals surface area contributed by atoms with E-state index in [2.05, 4.69) is 16.8 Å². The van der Waals surface area contributed by atoms with Crippen LogP contribution in [0.3, 0.4) is 0 Å². The average molecular weight is 343 g/mol. The van der Waals surface area contributed by atoms with Crippen LogP contribution in [0.1, 0.15) is 42.1 Å². The number of likely N-dealkylation sites (tertiary alicyclic amines) is 1. The number of likely N-dealkylation sites (N-methyl/N-ethyl adjacent to an activating group) is 1. The predicted molar refractivity (Wildman–Crippen MR) is 100 cm³/mol. The molecular formula is C20H29N3O2. The minimum atomic E-state index is 0.0430. The molecule has 0 radical (unpaired) electrons. The summed E-state index contributed by atoms with van der Waals surface area (Å²) in [6.07, 6.45) is 4.21. The van der Waals surface area contributed by atoms with Gasteiger partial charge in [-0.15, -0.1) is 6.58 Å². The maximum absolute atomic E-state index is 12.7. The van der Waals surface area contributed by atoms with Crippen LogP contribution < -0.4 is 5.32 Å². The summed E-state index contributed by atoms with van der Waals surface area (Å²) in [5.41, 5.74) is 1.88. The maximum atomic E-state index is 12.7. The molecule has 0 saturated carbocycles. The van der Waals surface area contributed by atoms with Crippen molar-refractivity contribution in [3.63, 3.8) is 0 Å². The van der Waals surface area contributed by atoms with Gasteiger partial charge in [0.1, 0.15) is 0 Å². The molecular weight excluding hydrogens is 314 g/mol. The van der Waals surface area contributed by atoms with Gasteiger partial charge < -0.3 is 10.2 Å². The zero-order chi connectivity index (χ0) is 18.2. The molecule has 1 heterocycles. The molecule has 2 amide bonds. The zero-order valence-electron chi connectivity index (χ0n) is 15.3. The second-order valence-corrected chi connectivity index (χ2v) is 6.69. The molecule has 1 aromatic rings. The molecule has 1 aromatic carbocycles. The molecule has 0 aromatic heterocycles. The van der Waals surface area contributed by atoms with Gasteiger partial charge in [0, 0.05) is 44.2 Å². The van der Waals surface area contributed by atoms with E-state index in [1.54, 1.807) is 0 Å². The number of carbonyl (C=O) groups is 2. The van der Waals surface area contributed by atoms with Crippen molar-refractivity contribution in [2.45, 2.75) is 38.8 Å². The lowest BCUT2D eigenvalue weighted by atomic mass is 10.0. The Kier molecular flexibility index (Phi) is 7.19. The second-order valence-electron chi connectivity index (χ2n) is 6.69. The van der Waals surface area contributed by atoms with E-state index in [-0.39, 0.29) is 17.9 Å². The van der Waals surface area contributed by atoms with Crippen LogP contribution in [0.4, 0.5) is 0 Å². The number of nitrogens with one attached hydrogen (secondary N) is 1. The van der Waals surface area contributed by atoms with Crippen molar-refractivity contribution in [3.05, 3.63) is 48.0 Å². The van der Waals surface area contributed by atoms with Crippen molar-refractivity contribution >= 4 is 11.8 Å². The molecule has 0 aliphatic carbocycles. The van der Waals surface area contributed by atoms with E-state index >= 15 is 0 Å². The maximum Gasteiger partial charge on any atom is 0.253 e. The van der Waals surface area contributed by atoms with Gasteiger partial charge in [-0.05, 0) is 37.6 Å². The van der Waals surface area contributed by atoms with Gasteiger partial charge in [0.25, 0.3) is 5.91 Å². The second kappa shape index (κ2) is 9.37. The van der Waals surface area contributed by atoms with Gasteiger partial charge in [0.05, 0.1) is 0 Å². The first-order valence-electron chi connectivity index (χ1n) is 9.00. The number of nitrogens with zero attached hydrogens (tertiary/aromatic N) is 2. The lowest BCUT2D eigenvalue weighted by molar-refractivity contribution is -0.121. The van der Waals surface area contributed by atoms with Gasteiger partial charge in [-0.25, -0.2) is 0 Å². The van der Waals surface area contributed by atoms with Crippen LogP contribution >= 0.6 is 0 Å². The Hall–Kier alpha value is -2.14. The monoisotopic (exact) mass is 343 g/mol. The molecule has 1 atom stereocenters. The first-order chi connectivity index (χ1) is 12.0. The van der Waals surface area contributed by atoms with Crippen molar-refractivity contribution in [1.29, 1.82) is 0 Å². The molecule has 0 spiro atoms. The Morgan fingerprint density at radius 1 is 1.36 bits per heavy atom. The Morgan fingerprint density at radius 2 is 2.08 bits per heavy atom. The third kappa shape index (κ3) is 5.71. The van der Waals surface area contributed by atoms with Crippen LogP contribution in [-0.4, -0.2) is 54.3 Å². The van der Waals surface area contributed by atoms with Crippen LogP contribution in [0.15, 0.2) is 36.9 Å². The number of hydrogen-bond donors (Lipinski definition) is 1. The molecule has 5 nitrogen and oxygen atoms in total. The third-order valence-corrected chi connectivity index (χ3v) is 4.49. The Balaban J connectivity index is 1.95. The third-order valence-electron chi connectivity index (χ3n) is 4.49. The highest BCUT2D eigenvalue weighted by Crippen LogP contribution is 2.15. The first kappa shape index (κ1) is 19.2. The molecule has 1 N–H and O–H groups in total. The summed E-state index contributed by atoms with van der Waals surface area (Å²) >= 11 is 0. The van der Waals surface area contributed by atoms with Gasteiger partial charge >= 0.3 is 0 Å². The van der Waals surface area contributed by atoms with E-state index < -0.39 is 0 Å². The van der Waals surface area contributed by atoms with Crippen molar-refractivity contribution in [1.82, 2.24) is 15.1 Å². The number of piperidine rings is 1. The summed E-state index contributed by atoms with van der Waals surface area (Å²) in [7, 11) is 2.04. The molecule has 136 valence electrons. The summed E-state index contributed by atoms with van der Waals surface area (Å²) in [4.78, 5) is 28.3. The van der Waals surface area contributed by atoms with Crippen LogP contribution in [0, 0.1) is 0 Å².